The average Bonchev–Trinajstić information content (AvgIpc) is 2.54. The van der Waals surface area contributed by atoms with Gasteiger partial charge in [-0.1, -0.05) is 31.5 Å². The van der Waals surface area contributed by atoms with Gasteiger partial charge >= 0.3 is 0 Å². The minimum Gasteiger partial charge on any atom is -0.494 e. The van der Waals surface area contributed by atoms with Crippen LogP contribution in [0.25, 0.3) is 0 Å². The lowest BCUT2D eigenvalue weighted by Gasteiger charge is -2.11. The van der Waals surface area contributed by atoms with Gasteiger partial charge < -0.3 is 14.8 Å². The Hall–Kier alpha value is -2.20. The fourth-order valence-electron chi connectivity index (χ4n) is 1.95. The standard InChI is InChI=1S/C19H22ClNO3/c1-14(2)10-11-23-18-5-3-4-16(12-18)21-19(22)13-24-17-8-6-15(20)7-9-17/h3-9,12,14H,10-11,13H2,1-2H3,(H,21,22). The lowest BCUT2D eigenvalue weighted by Crippen LogP contribution is -2.20. The summed E-state index contributed by atoms with van der Waals surface area (Å²) < 4.78 is 11.1. The Balaban J connectivity index is 1.81. The first-order valence-corrected chi connectivity index (χ1v) is 8.32. The summed E-state index contributed by atoms with van der Waals surface area (Å²) in [6.45, 7) is 4.90. The van der Waals surface area contributed by atoms with Crippen molar-refractivity contribution in [3.05, 3.63) is 53.6 Å². The zero-order valence-electron chi connectivity index (χ0n) is 13.9. The number of halogens is 1. The number of rotatable bonds is 8. The number of carbonyl (C=O) groups excluding carboxylic acids is 1. The average molecular weight is 348 g/mol. The fraction of sp³-hybridized carbons (Fsp3) is 0.316. The predicted octanol–water partition coefficient (Wildman–Crippen LogP) is 4.78. The van der Waals surface area contributed by atoms with E-state index >= 15 is 0 Å². The van der Waals surface area contributed by atoms with Gasteiger partial charge in [-0.25, -0.2) is 0 Å². The van der Waals surface area contributed by atoms with Gasteiger partial charge in [0.2, 0.25) is 0 Å². The molecule has 5 heteroatoms. The van der Waals surface area contributed by atoms with E-state index in [-0.39, 0.29) is 12.5 Å². The summed E-state index contributed by atoms with van der Waals surface area (Å²) >= 11 is 5.80. The second-order valence-corrected chi connectivity index (χ2v) is 6.29. The van der Waals surface area contributed by atoms with Gasteiger partial charge in [0, 0.05) is 16.8 Å². The van der Waals surface area contributed by atoms with Crippen LogP contribution in [0, 0.1) is 5.92 Å². The molecular formula is C19H22ClNO3. The first-order valence-electron chi connectivity index (χ1n) is 7.94. The molecule has 0 atom stereocenters. The van der Waals surface area contributed by atoms with Gasteiger partial charge in [0.05, 0.1) is 6.61 Å². The molecule has 0 aromatic heterocycles. The molecule has 1 amide bonds. The minimum atomic E-state index is -0.232. The predicted molar refractivity (Wildman–Crippen MR) is 97.0 cm³/mol. The van der Waals surface area contributed by atoms with E-state index in [4.69, 9.17) is 21.1 Å². The number of ether oxygens (including phenoxy) is 2. The number of carbonyl (C=O) groups is 1. The Morgan fingerprint density at radius 3 is 2.54 bits per heavy atom. The Morgan fingerprint density at radius 1 is 1.08 bits per heavy atom. The highest BCUT2D eigenvalue weighted by molar-refractivity contribution is 6.30. The van der Waals surface area contributed by atoms with Crippen LogP contribution in [-0.2, 0) is 4.79 Å². The summed E-state index contributed by atoms with van der Waals surface area (Å²) in [4.78, 5) is 12.0. The van der Waals surface area contributed by atoms with Crippen molar-refractivity contribution in [3.63, 3.8) is 0 Å². The summed E-state index contributed by atoms with van der Waals surface area (Å²) in [5, 5.41) is 3.42. The molecule has 0 bridgehead atoms. The van der Waals surface area contributed by atoms with Crippen LogP contribution in [0.4, 0.5) is 5.69 Å². The van der Waals surface area contributed by atoms with Crippen LogP contribution in [0.3, 0.4) is 0 Å². The quantitative estimate of drug-likeness (QED) is 0.747. The van der Waals surface area contributed by atoms with Crippen LogP contribution in [0.2, 0.25) is 5.02 Å². The van der Waals surface area contributed by atoms with Gasteiger partial charge in [0.15, 0.2) is 6.61 Å². The highest BCUT2D eigenvalue weighted by Crippen LogP contribution is 2.19. The molecular weight excluding hydrogens is 326 g/mol. The van der Waals surface area contributed by atoms with Gasteiger partial charge in [0.1, 0.15) is 11.5 Å². The molecule has 0 saturated carbocycles. The van der Waals surface area contributed by atoms with Crippen LogP contribution in [-0.4, -0.2) is 19.1 Å². The van der Waals surface area contributed by atoms with Crippen molar-refractivity contribution in [1.29, 1.82) is 0 Å². The van der Waals surface area contributed by atoms with E-state index in [1.54, 1.807) is 30.3 Å². The highest BCUT2D eigenvalue weighted by Gasteiger charge is 2.05. The molecule has 2 aromatic rings. The molecule has 0 unspecified atom stereocenters. The Bertz CT molecular complexity index is 656. The molecule has 4 nitrogen and oxygen atoms in total. The van der Waals surface area contributed by atoms with Gasteiger partial charge in [-0.15, -0.1) is 0 Å². The zero-order chi connectivity index (χ0) is 17.4. The summed E-state index contributed by atoms with van der Waals surface area (Å²) in [5.41, 5.74) is 0.682. The van der Waals surface area contributed by atoms with Gasteiger partial charge in [0.25, 0.3) is 5.91 Å². The highest BCUT2D eigenvalue weighted by atomic mass is 35.5. The number of amides is 1. The van der Waals surface area contributed by atoms with Crippen molar-refractivity contribution in [2.45, 2.75) is 20.3 Å². The van der Waals surface area contributed by atoms with Crippen LogP contribution in [0.1, 0.15) is 20.3 Å². The summed E-state index contributed by atoms with van der Waals surface area (Å²) in [6, 6.07) is 14.2. The lowest BCUT2D eigenvalue weighted by atomic mass is 10.1. The molecule has 0 fully saturated rings. The molecule has 0 heterocycles. The van der Waals surface area contributed by atoms with Crippen molar-refractivity contribution in [3.8, 4) is 11.5 Å². The number of nitrogens with one attached hydrogen (secondary N) is 1. The third-order valence-corrected chi connectivity index (χ3v) is 3.52. The maximum Gasteiger partial charge on any atom is 0.262 e. The van der Waals surface area contributed by atoms with Gasteiger partial charge in [-0.2, -0.15) is 0 Å². The Morgan fingerprint density at radius 2 is 1.83 bits per heavy atom. The first-order chi connectivity index (χ1) is 11.5. The molecule has 1 N–H and O–H groups in total. The lowest BCUT2D eigenvalue weighted by molar-refractivity contribution is -0.118. The number of hydrogen-bond donors (Lipinski definition) is 1. The number of benzene rings is 2. The summed E-state index contributed by atoms with van der Waals surface area (Å²) in [5.74, 6) is 1.70. The second-order valence-electron chi connectivity index (χ2n) is 5.85. The van der Waals surface area contributed by atoms with E-state index in [0.29, 0.717) is 29.0 Å². The molecule has 128 valence electrons. The van der Waals surface area contributed by atoms with Crippen LogP contribution in [0.5, 0.6) is 11.5 Å². The van der Waals surface area contributed by atoms with E-state index in [1.165, 1.54) is 0 Å². The van der Waals surface area contributed by atoms with E-state index in [2.05, 4.69) is 19.2 Å². The normalized spacial score (nSPS) is 10.5. The smallest absolute Gasteiger partial charge is 0.262 e. The maximum atomic E-state index is 12.0. The topological polar surface area (TPSA) is 47.6 Å². The van der Waals surface area contributed by atoms with Crippen molar-refractivity contribution < 1.29 is 14.3 Å². The Kier molecular flexibility index (Phi) is 6.94. The van der Waals surface area contributed by atoms with E-state index < -0.39 is 0 Å². The first kappa shape index (κ1) is 18.1. The molecule has 0 radical (unpaired) electrons. The van der Waals surface area contributed by atoms with Crippen LogP contribution >= 0.6 is 11.6 Å². The van der Waals surface area contributed by atoms with Crippen LogP contribution < -0.4 is 14.8 Å². The maximum absolute atomic E-state index is 12.0. The molecule has 24 heavy (non-hydrogen) atoms. The van der Waals surface area contributed by atoms with Crippen molar-refractivity contribution in [2.24, 2.45) is 5.92 Å². The Labute approximate surface area is 147 Å². The van der Waals surface area contributed by atoms with E-state index in [9.17, 15) is 4.79 Å². The van der Waals surface area contributed by atoms with Gasteiger partial charge in [-0.3, -0.25) is 4.79 Å². The third-order valence-electron chi connectivity index (χ3n) is 3.27. The van der Waals surface area contributed by atoms with Crippen LogP contribution in [0.15, 0.2) is 48.5 Å². The monoisotopic (exact) mass is 347 g/mol. The second kappa shape index (κ2) is 9.18. The summed E-state index contributed by atoms with van der Waals surface area (Å²) in [6.07, 6.45) is 0.992. The van der Waals surface area contributed by atoms with Crippen molar-refractivity contribution >= 4 is 23.2 Å². The number of hydrogen-bond acceptors (Lipinski definition) is 3. The molecule has 0 saturated heterocycles. The zero-order valence-corrected chi connectivity index (χ0v) is 14.7. The molecule has 2 aromatic carbocycles. The molecule has 2 rings (SSSR count). The van der Waals surface area contributed by atoms with E-state index in [1.807, 2.05) is 18.2 Å². The molecule has 0 spiro atoms. The largest absolute Gasteiger partial charge is 0.494 e. The molecule has 0 aliphatic heterocycles. The van der Waals surface area contributed by atoms with E-state index in [0.717, 1.165) is 12.2 Å². The molecule has 0 aliphatic carbocycles. The fourth-order valence-corrected chi connectivity index (χ4v) is 2.08. The van der Waals surface area contributed by atoms with Crippen molar-refractivity contribution in [2.75, 3.05) is 18.5 Å². The SMILES string of the molecule is CC(C)CCOc1cccc(NC(=O)COc2ccc(Cl)cc2)c1. The number of anilines is 1. The summed E-state index contributed by atoms with van der Waals surface area (Å²) in [7, 11) is 0. The van der Waals surface area contributed by atoms with Crippen molar-refractivity contribution in [1.82, 2.24) is 0 Å². The minimum absolute atomic E-state index is 0.0694. The van der Waals surface area contributed by atoms with Gasteiger partial charge in [-0.05, 0) is 48.7 Å². The molecule has 0 aliphatic rings. The third kappa shape index (κ3) is 6.50.